The zero-order valence-electron chi connectivity index (χ0n) is 22.7. The highest BCUT2D eigenvalue weighted by Gasteiger charge is 2.69. The molecule has 4 aliphatic rings. The van der Waals surface area contributed by atoms with Crippen LogP contribution in [0.25, 0.3) is 11.0 Å². The van der Waals surface area contributed by atoms with Crippen LogP contribution in [-0.4, -0.2) is 46.0 Å². The Morgan fingerprint density at radius 1 is 1.14 bits per heavy atom. The van der Waals surface area contributed by atoms with Gasteiger partial charge in [0.1, 0.15) is 17.2 Å². The second-order valence-electron chi connectivity index (χ2n) is 11.8. The Labute approximate surface area is 251 Å². The van der Waals surface area contributed by atoms with Crippen LogP contribution in [0.15, 0.2) is 54.6 Å². The third-order valence-electron chi connectivity index (χ3n) is 9.68. The van der Waals surface area contributed by atoms with Gasteiger partial charge in [-0.05, 0) is 67.1 Å². The molecule has 10 heteroatoms. The minimum atomic E-state index is -1.19. The summed E-state index contributed by atoms with van der Waals surface area (Å²) in [5.74, 6) is -0.834. The lowest BCUT2D eigenvalue weighted by molar-refractivity contribution is -0.128. The van der Waals surface area contributed by atoms with Crippen LogP contribution in [0.5, 0.6) is 0 Å². The highest BCUT2D eigenvalue weighted by Crippen LogP contribution is 2.64. The van der Waals surface area contributed by atoms with E-state index in [0.717, 1.165) is 48.2 Å². The molecule has 4 atom stereocenters. The number of ether oxygens (including phenoxy) is 1. The molecule has 4 heterocycles. The monoisotopic (exact) mass is 604 g/mol. The van der Waals surface area contributed by atoms with Crippen LogP contribution in [0.4, 0.5) is 10.1 Å². The number of nitrogens with zero attached hydrogens (tertiary/aromatic N) is 3. The largest absolute Gasteiger partial charge is 0.465 e. The smallest absolute Gasteiger partial charge is 0.337 e. The highest BCUT2D eigenvalue weighted by atomic mass is 35.5. The van der Waals surface area contributed by atoms with E-state index >= 15 is 4.39 Å². The summed E-state index contributed by atoms with van der Waals surface area (Å²) in [5, 5.41) is 3.65. The van der Waals surface area contributed by atoms with Crippen molar-refractivity contribution in [1.82, 2.24) is 14.5 Å². The standard InChI is InChI=1S/C32H27Cl2FN4O3/c1-42-30(40)17-7-10-22-25(13-17)38-12-11-24-26(29(38)36-22)27(19-3-2-4-21(34)28(19)35)32(39(24)15-16-5-6-16)20-9-8-18(33)14-23(20)37-31(32)41/h2-4,7-10,13-14,16,24,26-27H,5-6,11-12,15H2,1H3,(H,37,41)/t24-,26+,27-,32+/m0/s1. The van der Waals surface area contributed by atoms with E-state index in [0.29, 0.717) is 34.3 Å². The first kappa shape index (κ1) is 26.2. The number of rotatable bonds is 4. The summed E-state index contributed by atoms with van der Waals surface area (Å²) in [7, 11) is 1.36. The fraction of sp³-hybridized carbons (Fsp3) is 0.344. The van der Waals surface area contributed by atoms with Crippen LogP contribution in [0.1, 0.15) is 58.4 Å². The van der Waals surface area contributed by atoms with Gasteiger partial charge < -0.3 is 14.6 Å². The van der Waals surface area contributed by atoms with Crippen LogP contribution in [0, 0.1) is 11.7 Å². The Bertz CT molecular complexity index is 1820. The molecule has 0 unspecified atom stereocenters. The fourth-order valence-electron chi connectivity index (χ4n) is 7.83. The first-order valence-corrected chi connectivity index (χ1v) is 15.0. The molecule has 214 valence electrons. The maximum Gasteiger partial charge on any atom is 0.337 e. The van der Waals surface area contributed by atoms with Gasteiger partial charge in [-0.3, -0.25) is 9.69 Å². The van der Waals surface area contributed by atoms with Crippen molar-refractivity contribution in [3.05, 3.63) is 93.0 Å². The lowest BCUT2D eigenvalue weighted by atomic mass is 9.70. The van der Waals surface area contributed by atoms with E-state index in [9.17, 15) is 9.59 Å². The van der Waals surface area contributed by atoms with E-state index in [1.807, 2.05) is 12.1 Å². The second-order valence-corrected chi connectivity index (χ2v) is 12.7. The molecule has 1 aliphatic carbocycles. The Kier molecular flexibility index (Phi) is 5.78. The maximum absolute atomic E-state index is 16.2. The van der Waals surface area contributed by atoms with Crippen molar-refractivity contribution in [3.63, 3.8) is 0 Å². The number of carbonyl (C=O) groups excluding carboxylic acids is 2. The molecule has 1 aromatic heterocycles. The molecule has 7 nitrogen and oxygen atoms in total. The molecule has 1 N–H and O–H groups in total. The highest BCUT2D eigenvalue weighted by molar-refractivity contribution is 6.31. The molecule has 8 rings (SSSR count). The normalized spacial score (nSPS) is 26.3. The molecule has 1 amide bonds. The van der Waals surface area contributed by atoms with Crippen LogP contribution >= 0.6 is 23.2 Å². The summed E-state index contributed by atoms with van der Waals surface area (Å²) < 4.78 is 23.3. The van der Waals surface area contributed by atoms with E-state index in [1.165, 1.54) is 13.2 Å². The summed E-state index contributed by atoms with van der Waals surface area (Å²) in [6.07, 6.45) is 2.93. The first-order chi connectivity index (χ1) is 20.3. The number of amides is 1. The molecule has 1 saturated heterocycles. The van der Waals surface area contributed by atoms with Gasteiger partial charge in [0.2, 0.25) is 5.91 Å². The Balaban J connectivity index is 1.42. The minimum Gasteiger partial charge on any atom is -0.465 e. The third kappa shape index (κ3) is 3.52. The SMILES string of the molecule is COC(=O)c1ccc2nc3n(c2c1)CC[C@H]1[C@@H]3[C@H](c2cccc(Cl)c2F)[C@]2(C(=O)Nc3cc(Cl)ccc32)N1CC1CC1. The number of benzene rings is 3. The maximum atomic E-state index is 16.2. The zero-order chi connectivity index (χ0) is 28.9. The summed E-state index contributed by atoms with van der Waals surface area (Å²) in [5.41, 5.74) is 2.64. The van der Waals surface area contributed by atoms with Gasteiger partial charge in [0.25, 0.3) is 0 Å². The van der Waals surface area contributed by atoms with Crippen LogP contribution in [-0.2, 0) is 21.6 Å². The number of hydrogen-bond donors (Lipinski definition) is 1. The van der Waals surface area contributed by atoms with Gasteiger partial charge in [0.05, 0.1) is 28.7 Å². The molecule has 1 saturated carbocycles. The first-order valence-electron chi connectivity index (χ1n) is 14.2. The Morgan fingerprint density at radius 3 is 2.76 bits per heavy atom. The summed E-state index contributed by atoms with van der Waals surface area (Å²) in [6.45, 7) is 1.37. The Hall–Kier alpha value is -3.46. The lowest BCUT2D eigenvalue weighted by Crippen LogP contribution is -2.53. The Morgan fingerprint density at radius 2 is 1.98 bits per heavy atom. The number of aromatic nitrogens is 2. The number of aryl methyl sites for hydroxylation is 1. The number of anilines is 1. The lowest BCUT2D eigenvalue weighted by Gasteiger charge is -2.40. The van der Waals surface area contributed by atoms with Crippen molar-refractivity contribution in [2.24, 2.45) is 5.92 Å². The van der Waals surface area contributed by atoms with Crippen LogP contribution in [0.2, 0.25) is 10.0 Å². The van der Waals surface area contributed by atoms with E-state index < -0.39 is 23.2 Å². The van der Waals surface area contributed by atoms with Crippen molar-refractivity contribution in [1.29, 1.82) is 0 Å². The molecular formula is C32H27Cl2FN4O3. The molecule has 1 spiro atoms. The number of esters is 1. The number of hydrogen-bond acceptors (Lipinski definition) is 5. The number of imidazole rings is 1. The quantitative estimate of drug-likeness (QED) is 0.270. The molecule has 0 bridgehead atoms. The minimum absolute atomic E-state index is 0.0154. The zero-order valence-corrected chi connectivity index (χ0v) is 24.3. The van der Waals surface area contributed by atoms with Gasteiger partial charge in [-0.25, -0.2) is 14.2 Å². The second kappa shape index (κ2) is 9.27. The van der Waals surface area contributed by atoms with Gasteiger partial charge in [-0.2, -0.15) is 0 Å². The van der Waals surface area contributed by atoms with Crippen molar-refractivity contribution in [3.8, 4) is 0 Å². The van der Waals surface area contributed by atoms with E-state index in [1.54, 1.807) is 36.4 Å². The van der Waals surface area contributed by atoms with Crippen LogP contribution < -0.4 is 5.32 Å². The van der Waals surface area contributed by atoms with E-state index in [4.69, 9.17) is 32.9 Å². The molecule has 4 aromatic rings. The van der Waals surface area contributed by atoms with E-state index in [-0.39, 0.29) is 22.9 Å². The average molecular weight is 605 g/mol. The molecule has 0 radical (unpaired) electrons. The van der Waals surface area contributed by atoms with Crippen molar-refractivity contribution < 1.29 is 18.7 Å². The van der Waals surface area contributed by atoms with Crippen LogP contribution in [0.3, 0.4) is 0 Å². The van der Waals surface area contributed by atoms with Gasteiger partial charge in [0, 0.05) is 47.2 Å². The number of likely N-dealkylation sites (tertiary alicyclic amines) is 1. The van der Waals surface area contributed by atoms with Gasteiger partial charge in [-0.1, -0.05) is 41.4 Å². The van der Waals surface area contributed by atoms with Crippen molar-refractivity contribution in [2.45, 2.75) is 49.2 Å². The van der Waals surface area contributed by atoms with Gasteiger partial charge in [0.15, 0.2) is 0 Å². The predicted octanol–water partition coefficient (Wildman–Crippen LogP) is 6.48. The average Bonchev–Trinajstić information content (AvgIpc) is 3.57. The van der Waals surface area contributed by atoms with Gasteiger partial charge >= 0.3 is 5.97 Å². The molecule has 3 aromatic carbocycles. The summed E-state index contributed by atoms with van der Waals surface area (Å²) in [6, 6.07) is 15.8. The number of nitrogens with one attached hydrogen (secondary N) is 1. The molecule has 3 aliphatic heterocycles. The molecule has 2 fully saturated rings. The van der Waals surface area contributed by atoms with Gasteiger partial charge in [-0.15, -0.1) is 0 Å². The predicted molar refractivity (Wildman–Crippen MR) is 158 cm³/mol. The number of methoxy groups -OCH3 is 1. The molecular weight excluding hydrogens is 578 g/mol. The topological polar surface area (TPSA) is 76.5 Å². The van der Waals surface area contributed by atoms with E-state index in [2.05, 4.69) is 14.8 Å². The summed E-state index contributed by atoms with van der Waals surface area (Å²) in [4.78, 5) is 34.3. The van der Waals surface area contributed by atoms with Crippen molar-refractivity contribution in [2.75, 3.05) is 19.0 Å². The number of carbonyl (C=O) groups is 2. The molecule has 42 heavy (non-hydrogen) atoms. The van der Waals surface area contributed by atoms with Crippen molar-refractivity contribution >= 4 is 51.8 Å². The fourth-order valence-corrected chi connectivity index (χ4v) is 8.19. The third-order valence-corrected chi connectivity index (χ3v) is 10.2. The number of fused-ring (bicyclic) bond motifs is 7. The summed E-state index contributed by atoms with van der Waals surface area (Å²) >= 11 is 12.8. The number of halogens is 3.